The van der Waals surface area contributed by atoms with Crippen molar-refractivity contribution in [3.63, 3.8) is 0 Å². The van der Waals surface area contributed by atoms with Crippen LogP contribution in [0.3, 0.4) is 0 Å². The number of phenols is 1. The van der Waals surface area contributed by atoms with E-state index >= 15 is 0 Å². The average Bonchev–Trinajstić information content (AvgIpc) is 2.18. The van der Waals surface area contributed by atoms with Crippen LogP contribution in [0, 0.1) is 0 Å². The van der Waals surface area contributed by atoms with Crippen molar-refractivity contribution < 1.29 is 22.3 Å². The number of hydrogen-bond donors (Lipinski definition) is 2. The summed E-state index contributed by atoms with van der Waals surface area (Å²) in [6.45, 7) is -0.183. The summed E-state index contributed by atoms with van der Waals surface area (Å²) >= 11 is 0. The number of rotatable bonds is 5. The van der Waals surface area contributed by atoms with Crippen molar-refractivity contribution in [2.24, 2.45) is 4.99 Å². The second-order valence-electron chi connectivity index (χ2n) is 2.84. The first-order chi connectivity index (χ1) is 7.49. The molecule has 0 heterocycles. The van der Waals surface area contributed by atoms with Gasteiger partial charge in [-0.25, -0.2) is 4.18 Å². The molecular weight excluding hydrogens is 234 g/mol. The highest BCUT2D eigenvalue weighted by molar-refractivity contribution is 7.80. The van der Waals surface area contributed by atoms with Crippen LogP contribution in [-0.2, 0) is 14.6 Å². The zero-order valence-electron chi connectivity index (χ0n) is 8.28. The molecule has 1 rings (SSSR count). The van der Waals surface area contributed by atoms with Crippen LogP contribution in [0.4, 0.5) is 0 Å². The highest BCUT2D eigenvalue weighted by atomic mass is 32.3. The number of aromatic hydroxyl groups is 1. The maximum Gasteiger partial charge on any atom is 0.397 e. The zero-order chi connectivity index (χ0) is 12.0. The maximum atomic E-state index is 10.2. The van der Waals surface area contributed by atoms with E-state index in [1.54, 1.807) is 18.2 Å². The second kappa shape index (κ2) is 5.59. The molecule has 16 heavy (non-hydrogen) atoms. The first kappa shape index (κ1) is 12.6. The Labute approximate surface area is 93.2 Å². The number of para-hydroxylation sites is 1. The monoisotopic (exact) mass is 245 g/mol. The van der Waals surface area contributed by atoms with Crippen LogP contribution >= 0.6 is 0 Å². The Balaban J connectivity index is 2.42. The predicted molar refractivity (Wildman–Crippen MR) is 58.1 cm³/mol. The lowest BCUT2D eigenvalue weighted by atomic mass is 10.2. The third-order valence-corrected chi connectivity index (χ3v) is 2.08. The highest BCUT2D eigenvalue weighted by Crippen LogP contribution is 2.12. The van der Waals surface area contributed by atoms with E-state index in [9.17, 15) is 13.5 Å². The first-order valence-corrected chi connectivity index (χ1v) is 5.75. The van der Waals surface area contributed by atoms with Crippen molar-refractivity contribution in [3.05, 3.63) is 29.8 Å². The highest BCUT2D eigenvalue weighted by Gasteiger charge is 2.01. The van der Waals surface area contributed by atoms with E-state index in [4.69, 9.17) is 4.55 Å². The van der Waals surface area contributed by atoms with Gasteiger partial charge in [-0.1, -0.05) is 12.1 Å². The number of phenolic OH excluding ortho intramolecular Hbond substituents is 1. The third-order valence-electron chi connectivity index (χ3n) is 1.62. The van der Waals surface area contributed by atoms with Crippen molar-refractivity contribution >= 4 is 16.6 Å². The van der Waals surface area contributed by atoms with Gasteiger partial charge in [-0.3, -0.25) is 9.55 Å². The van der Waals surface area contributed by atoms with Gasteiger partial charge in [-0.15, -0.1) is 0 Å². The standard InChI is InChI=1S/C9H11NO5S/c11-9-4-2-1-3-8(9)7-10-5-6-15-16(12,13)14/h1-4,7,11H,5-6H2,(H,12,13,14). The van der Waals surface area contributed by atoms with Crippen molar-refractivity contribution in [2.45, 2.75) is 0 Å². The van der Waals surface area contributed by atoms with E-state index in [-0.39, 0.29) is 18.9 Å². The third kappa shape index (κ3) is 4.87. The topological polar surface area (TPSA) is 96.2 Å². The molecule has 0 fully saturated rings. The minimum Gasteiger partial charge on any atom is -0.507 e. The molecule has 1 aromatic carbocycles. The summed E-state index contributed by atoms with van der Waals surface area (Å²) in [5, 5.41) is 9.34. The molecule has 0 aliphatic heterocycles. The van der Waals surface area contributed by atoms with E-state index in [0.717, 1.165) is 0 Å². The molecule has 0 radical (unpaired) electrons. The molecule has 7 heteroatoms. The molecule has 0 unspecified atom stereocenters. The summed E-state index contributed by atoms with van der Waals surface area (Å²) in [6.07, 6.45) is 1.39. The van der Waals surface area contributed by atoms with Crippen molar-refractivity contribution in [1.29, 1.82) is 0 Å². The lowest BCUT2D eigenvalue weighted by molar-refractivity contribution is 0.276. The van der Waals surface area contributed by atoms with Gasteiger partial charge < -0.3 is 5.11 Å². The first-order valence-electron chi connectivity index (χ1n) is 4.39. The zero-order valence-corrected chi connectivity index (χ0v) is 9.09. The van der Waals surface area contributed by atoms with Gasteiger partial charge >= 0.3 is 10.4 Å². The molecule has 1 aromatic rings. The molecule has 88 valence electrons. The summed E-state index contributed by atoms with van der Waals surface area (Å²) in [5.74, 6) is 0.0851. The fourth-order valence-electron chi connectivity index (χ4n) is 0.955. The minimum absolute atomic E-state index is 0.0636. The Hall–Kier alpha value is -1.44. The molecule has 0 aliphatic rings. The summed E-state index contributed by atoms with van der Waals surface area (Å²) in [6, 6.07) is 6.57. The van der Waals surface area contributed by atoms with Gasteiger partial charge in [0.05, 0.1) is 13.2 Å². The maximum absolute atomic E-state index is 10.2. The largest absolute Gasteiger partial charge is 0.507 e. The molecule has 0 spiro atoms. The molecule has 0 saturated heterocycles. The molecule has 0 saturated carbocycles. The Bertz CT molecular complexity index is 469. The van der Waals surface area contributed by atoms with Crippen LogP contribution in [0.5, 0.6) is 5.75 Å². The van der Waals surface area contributed by atoms with Crippen molar-refractivity contribution in [1.82, 2.24) is 0 Å². The van der Waals surface area contributed by atoms with Crippen LogP contribution in [0.15, 0.2) is 29.3 Å². The minimum atomic E-state index is -4.40. The molecule has 0 bridgehead atoms. The quantitative estimate of drug-likeness (QED) is 0.450. The van der Waals surface area contributed by atoms with Gasteiger partial charge in [0.1, 0.15) is 5.75 Å². The molecule has 0 aliphatic carbocycles. The van der Waals surface area contributed by atoms with Gasteiger partial charge in [0.25, 0.3) is 0 Å². The summed E-state index contributed by atoms with van der Waals surface area (Å²) in [4.78, 5) is 3.82. The number of hydrogen-bond acceptors (Lipinski definition) is 5. The van der Waals surface area contributed by atoms with E-state index in [1.165, 1.54) is 12.3 Å². The normalized spacial score (nSPS) is 12.1. The molecule has 0 atom stereocenters. The van der Waals surface area contributed by atoms with Crippen LogP contribution in [-0.4, -0.2) is 37.4 Å². The Morgan fingerprint density at radius 2 is 2.06 bits per heavy atom. The Morgan fingerprint density at radius 1 is 1.38 bits per heavy atom. The van der Waals surface area contributed by atoms with Crippen LogP contribution < -0.4 is 0 Å². The fraction of sp³-hybridized carbons (Fsp3) is 0.222. The van der Waals surface area contributed by atoms with Gasteiger partial charge in [-0.2, -0.15) is 8.42 Å². The van der Waals surface area contributed by atoms with E-state index in [0.29, 0.717) is 5.56 Å². The van der Waals surface area contributed by atoms with Crippen molar-refractivity contribution in [3.8, 4) is 5.75 Å². The molecular formula is C9H11NO5S. The second-order valence-corrected chi connectivity index (χ2v) is 3.93. The van der Waals surface area contributed by atoms with Crippen LogP contribution in [0.1, 0.15) is 5.56 Å². The van der Waals surface area contributed by atoms with Crippen LogP contribution in [0.25, 0.3) is 0 Å². The molecule has 0 aromatic heterocycles. The van der Waals surface area contributed by atoms with E-state index in [2.05, 4.69) is 9.18 Å². The number of nitrogens with zero attached hydrogens (tertiary/aromatic N) is 1. The van der Waals surface area contributed by atoms with Gasteiger partial charge in [-0.05, 0) is 12.1 Å². The Kier molecular flexibility index (Phi) is 4.41. The summed E-state index contributed by atoms with van der Waals surface area (Å²) in [7, 11) is -4.40. The lowest BCUT2D eigenvalue weighted by Crippen LogP contribution is -2.06. The van der Waals surface area contributed by atoms with Crippen LogP contribution in [0.2, 0.25) is 0 Å². The van der Waals surface area contributed by atoms with Gasteiger partial charge in [0.15, 0.2) is 0 Å². The van der Waals surface area contributed by atoms with E-state index < -0.39 is 10.4 Å². The van der Waals surface area contributed by atoms with Gasteiger partial charge in [0, 0.05) is 11.8 Å². The average molecular weight is 245 g/mol. The summed E-state index contributed by atoms with van der Waals surface area (Å²) in [5.41, 5.74) is 0.523. The number of aliphatic imine (C=N–C) groups is 1. The van der Waals surface area contributed by atoms with Crippen molar-refractivity contribution in [2.75, 3.05) is 13.2 Å². The smallest absolute Gasteiger partial charge is 0.397 e. The molecule has 6 nitrogen and oxygen atoms in total. The molecule has 2 N–H and O–H groups in total. The van der Waals surface area contributed by atoms with Gasteiger partial charge in [0.2, 0.25) is 0 Å². The SMILES string of the molecule is O=S(=O)(O)OCCN=Cc1ccccc1O. The lowest BCUT2D eigenvalue weighted by Gasteiger charge is -1.97. The van der Waals surface area contributed by atoms with E-state index in [1.807, 2.05) is 0 Å². The Morgan fingerprint density at radius 3 is 2.69 bits per heavy atom. The summed E-state index contributed by atoms with van der Waals surface area (Å²) < 4.78 is 32.6. The number of benzene rings is 1. The fourth-order valence-corrected chi connectivity index (χ4v) is 1.24. The predicted octanol–water partition coefficient (Wildman–Crippen LogP) is 0.631. The molecule has 0 amide bonds.